The number of nitrogen functional groups attached to an aromatic ring is 1. The summed E-state index contributed by atoms with van der Waals surface area (Å²) in [6.45, 7) is 1.49. The first-order chi connectivity index (χ1) is 20.4. The zero-order valence-corrected chi connectivity index (χ0v) is 24.2. The first kappa shape index (κ1) is 28.7. The second-order valence-corrected chi connectivity index (χ2v) is 9.72. The number of benzene rings is 3. The van der Waals surface area contributed by atoms with Gasteiger partial charge in [0.05, 0.1) is 64.6 Å². The number of rotatable bonds is 12. The van der Waals surface area contributed by atoms with Crippen LogP contribution in [-0.2, 0) is 0 Å². The van der Waals surface area contributed by atoms with Crippen LogP contribution >= 0.6 is 0 Å². The maximum absolute atomic E-state index is 13.1. The molecule has 2 aliphatic heterocycles. The molecule has 0 aromatic heterocycles. The van der Waals surface area contributed by atoms with Gasteiger partial charge in [-0.2, -0.15) is 0 Å². The second kappa shape index (κ2) is 12.8. The van der Waals surface area contributed by atoms with Crippen LogP contribution < -0.4 is 38.9 Å². The van der Waals surface area contributed by atoms with Gasteiger partial charge in [-0.1, -0.05) is 0 Å². The van der Waals surface area contributed by atoms with E-state index in [9.17, 15) is 4.79 Å². The number of aliphatic imine (C=N–C) groups is 1. The third kappa shape index (κ3) is 5.95. The van der Waals surface area contributed by atoms with Crippen molar-refractivity contribution in [3.63, 3.8) is 0 Å². The number of nitrogens with zero attached hydrogens (tertiary/aromatic N) is 2. The largest absolute Gasteiger partial charge is 0.493 e. The summed E-state index contributed by atoms with van der Waals surface area (Å²) < 4.78 is 39.7. The van der Waals surface area contributed by atoms with Crippen molar-refractivity contribution < 1.29 is 38.0 Å². The molecule has 5 rings (SSSR count). The highest BCUT2D eigenvalue weighted by Gasteiger charge is 2.32. The van der Waals surface area contributed by atoms with Crippen molar-refractivity contribution in [1.29, 1.82) is 0 Å². The highest BCUT2D eigenvalue weighted by Crippen LogP contribution is 2.43. The molecule has 1 saturated heterocycles. The quantitative estimate of drug-likeness (QED) is 0.227. The minimum absolute atomic E-state index is 0.0274. The molecule has 0 spiro atoms. The second-order valence-electron chi connectivity index (χ2n) is 9.72. The number of hydrogen-bond acceptors (Lipinski definition) is 10. The summed E-state index contributed by atoms with van der Waals surface area (Å²) in [4.78, 5) is 19.5. The number of carbonyl (C=O) groups is 1. The average molecular weight is 578 g/mol. The summed E-state index contributed by atoms with van der Waals surface area (Å²) in [5, 5.41) is 0. The standard InChI is InChI=1S/C31H35N3O8/c1-36-26-16-22-24(33-18-19-7-5-10-34(19)31(22)35)17-27(26)41-12-6-11-40-20-8-9-23(32)25(13-20)42-21-14-28(37-2)30(39-4)29(15-21)38-3/h8-9,13-19H,5-7,10-12,32H2,1-4H3/t19-/m0/s1. The number of methoxy groups -OCH3 is 4. The molecule has 0 saturated carbocycles. The van der Waals surface area contributed by atoms with Gasteiger partial charge in [-0.25, -0.2) is 0 Å². The molecule has 1 amide bonds. The van der Waals surface area contributed by atoms with E-state index >= 15 is 0 Å². The van der Waals surface area contributed by atoms with Crippen molar-refractivity contribution >= 4 is 23.5 Å². The van der Waals surface area contributed by atoms with Gasteiger partial charge in [0.1, 0.15) is 11.5 Å². The Hall–Kier alpha value is -4.80. The molecule has 3 aromatic carbocycles. The van der Waals surface area contributed by atoms with Crippen LogP contribution in [0.1, 0.15) is 29.6 Å². The maximum atomic E-state index is 13.1. The van der Waals surface area contributed by atoms with Crippen molar-refractivity contribution in [2.75, 3.05) is 53.9 Å². The first-order valence-electron chi connectivity index (χ1n) is 13.7. The Balaban J connectivity index is 1.19. The fraction of sp³-hybridized carbons (Fsp3) is 0.355. The molecule has 2 heterocycles. The van der Waals surface area contributed by atoms with E-state index < -0.39 is 0 Å². The fourth-order valence-electron chi connectivity index (χ4n) is 4.99. The third-order valence-electron chi connectivity index (χ3n) is 7.12. The minimum atomic E-state index is -0.0274. The molecule has 2 N–H and O–H groups in total. The number of hydrogen-bond donors (Lipinski definition) is 1. The van der Waals surface area contributed by atoms with Gasteiger partial charge >= 0.3 is 0 Å². The van der Waals surface area contributed by atoms with Crippen LogP contribution in [0.3, 0.4) is 0 Å². The van der Waals surface area contributed by atoms with Gasteiger partial charge in [0.2, 0.25) is 5.75 Å². The Kier molecular flexibility index (Phi) is 8.75. The summed E-state index contributed by atoms with van der Waals surface area (Å²) in [6, 6.07) is 12.1. The lowest BCUT2D eigenvalue weighted by molar-refractivity contribution is 0.0774. The van der Waals surface area contributed by atoms with Gasteiger partial charge in [0, 0.05) is 43.4 Å². The molecule has 1 fully saturated rings. The van der Waals surface area contributed by atoms with E-state index in [0.29, 0.717) is 82.6 Å². The molecule has 0 unspecified atom stereocenters. The van der Waals surface area contributed by atoms with E-state index in [4.69, 9.17) is 38.9 Å². The zero-order chi connectivity index (χ0) is 29.6. The first-order valence-corrected chi connectivity index (χ1v) is 13.7. The van der Waals surface area contributed by atoms with E-state index in [1.165, 1.54) is 21.3 Å². The Bertz CT molecular complexity index is 1450. The topological polar surface area (TPSA) is 123 Å². The van der Waals surface area contributed by atoms with Crippen LogP contribution in [0.4, 0.5) is 11.4 Å². The molecule has 0 bridgehead atoms. The number of fused-ring (bicyclic) bond motifs is 2. The lowest BCUT2D eigenvalue weighted by atomic mass is 10.1. The van der Waals surface area contributed by atoms with Crippen LogP contribution in [0.2, 0.25) is 0 Å². The van der Waals surface area contributed by atoms with Crippen LogP contribution in [0.25, 0.3) is 0 Å². The highest BCUT2D eigenvalue weighted by molar-refractivity contribution is 6.03. The van der Waals surface area contributed by atoms with Gasteiger partial charge in [-0.15, -0.1) is 0 Å². The van der Waals surface area contributed by atoms with Crippen LogP contribution in [0.5, 0.6) is 46.0 Å². The lowest BCUT2D eigenvalue weighted by Gasteiger charge is -2.20. The summed E-state index contributed by atoms with van der Waals surface area (Å²) in [6.07, 6.45) is 4.35. The molecule has 222 valence electrons. The normalized spacial score (nSPS) is 15.4. The number of ether oxygens (including phenoxy) is 7. The van der Waals surface area contributed by atoms with Crippen molar-refractivity contribution in [3.05, 3.63) is 48.0 Å². The van der Waals surface area contributed by atoms with E-state index in [1.807, 2.05) is 11.1 Å². The summed E-state index contributed by atoms with van der Waals surface area (Å²) in [7, 11) is 6.16. The van der Waals surface area contributed by atoms with Crippen molar-refractivity contribution in [2.45, 2.75) is 25.3 Å². The van der Waals surface area contributed by atoms with Crippen LogP contribution in [0, 0.1) is 0 Å². The SMILES string of the molecule is COc1cc2c(cc1OCCCOc1ccc(N)c(Oc3cc(OC)c(OC)c(OC)c3)c1)N=C[C@@H]1CCCN1C2=O. The number of carbonyl (C=O) groups excluding carboxylic acids is 1. The molecule has 11 heteroatoms. The number of nitrogens with two attached hydrogens (primary N) is 1. The Morgan fingerprint density at radius 1 is 0.833 bits per heavy atom. The molecule has 0 radical (unpaired) electrons. The fourth-order valence-corrected chi connectivity index (χ4v) is 4.99. The maximum Gasteiger partial charge on any atom is 0.256 e. The zero-order valence-electron chi connectivity index (χ0n) is 24.2. The van der Waals surface area contributed by atoms with E-state index in [0.717, 1.165) is 19.4 Å². The number of amides is 1. The van der Waals surface area contributed by atoms with Gasteiger partial charge in [-0.05, 0) is 31.0 Å². The lowest BCUT2D eigenvalue weighted by Crippen LogP contribution is -2.35. The summed E-state index contributed by atoms with van der Waals surface area (Å²) >= 11 is 0. The van der Waals surface area contributed by atoms with Crippen LogP contribution in [-0.4, -0.2) is 71.3 Å². The van der Waals surface area contributed by atoms with Gasteiger partial charge < -0.3 is 43.8 Å². The predicted molar refractivity (Wildman–Crippen MR) is 158 cm³/mol. The molecule has 11 nitrogen and oxygen atoms in total. The highest BCUT2D eigenvalue weighted by atomic mass is 16.5. The van der Waals surface area contributed by atoms with Gasteiger partial charge in [0.15, 0.2) is 28.7 Å². The Labute approximate surface area is 244 Å². The van der Waals surface area contributed by atoms with Gasteiger partial charge in [0.25, 0.3) is 5.91 Å². The molecule has 2 aliphatic rings. The summed E-state index contributed by atoms with van der Waals surface area (Å²) in [5.74, 6) is 3.84. The third-order valence-corrected chi connectivity index (χ3v) is 7.12. The molecule has 1 atom stereocenters. The smallest absolute Gasteiger partial charge is 0.256 e. The van der Waals surface area contributed by atoms with Crippen molar-refractivity contribution in [3.8, 4) is 46.0 Å². The van der Waals surface area contributed by atoms with E-state index in [1.54, 1.807) is 49.6 Å². The van der Waals surface area contributed by atoms with Crippen LogP contribution in [0.15, 0.2) is 47.5 Å². The van der Waals surface area contributed by atoms with E-state index in [-0.39, 0.29) is 11.9 Å². The average Bonchev–Trinajstić information content (AvgIpc) is 3.44. The monoisotopic (exact) mass is 577 g/mol. The molecule has 0 aliphatic carbocycles. The molecular formula is C31H35N3O8. The molecule has 42 heavy (non-hydrogen) atoms. The molecule has 3 aromatic rings. The van der Waals surface area contributed by atoms with Crippen molar-refractivity contribution in [2.24, 2.45) is 4.99 Å². The number of anilines is 1. The minimum Gasteiger partial charge on any atom is -0.493 e. The predicted octanol–water partition coefficient (Wildman–Crippen LogP) is 5.26. The van der Waals surface area contributed by atoms with Gasteiger partial charge in [-0.3, -0.25) is 9.79 Å². The Morgan fingerprint density at radius 2 is 1.55 bits per heavy atom. The Morgan fingerprint density at radius 3 is 2.26 bits per heavy atom. The summed E-state index contributed by atoms with van der Waals surface area (Å²) in [5.41, 5.74) is 7.71. The molecular weight excluding hydrogens is 542 g/mol. The van der Waals surface area contributed by atoms with E-state index in [2.05, 4.69) is 4.99 Å². The van der Waals surface area contributed by atoms with Crippen molar-refractivity contribution in [1.82, 2.24) is 4.90 Å².